The van der Waals surface area contributed by atoms with Gasteiger partial charge in [-0.1, -0.05) is 209 Å². The molecule has 0 aromatic carbocycles. The summed E-state index contributed by atoms with van der Waals surface area (Å²) in [4.78, 5) is 21.2. The van der Waals surface area contributed by atoms with Gasteiger partial charge in [-0.2, -0.15) is 0 Å². The van der Waals surface area contributed by atoms with Crippen molar-refractivity contribution < 1.29 is 9.90 Å². The number of carbonyl (C=O) groups is 1. The molecule has 1 aliphatic rings. The fourth-order valence-corrected chi connectivity index (χ4v) is 9.37. The molecule has 1 fully saturated rings. The molecular formula is C63H116N4O2. The number of unbranched alkanes of at least 4 members (excludes halogenated alkanes) is 27. The smallest absolute Gasteiger partial charge is 0.407 e. The Hall–Kier alpha value is -2.41. The first-order chi connectivity index (χ1) is 34.1. The van der Waals surface area contributed by atoms with Crippen LogP contribution in [0.25, 0.3) is 0 Å². The Bertz CT molecular complexity index is 1200. The Kier molecular flexibility index (Phi) is 50.0. The topological polar surface area (TPSA) is 50.3 Å². The van der Waals surface area contributed by atoms with Crippen LogP contribution in [0.3, 0.4) is 0 Å². The number of piperazine rings is 1. The average molecular weight is 962 g/mol. The molecule has 6 heteroatoms. The predicted molar refractivity (Wildman–Crippen MR) is 307 cm³/mol. The van der Waals surface area contributed by atoms with Gasteiger partial charge in [0, 0.05) is 52.4 Å². The fraction of sp³-hybridized carbons (Fsp3) is 0.794. The van der Waals surface area contributed by atoms with Crippen molar-refractivity contribution in [2.24, 2.45) is 0 Å². The van der Waals surface area contributed by atoms with Gasteiger partial charge < -0.3 is 19.8 Å². The Labute approximate surface area is 430 Å². The van der Waals surface area contributed by atoms with Crippen LogP contribution in [0.4, 0.5) is 4.79 Å². The molecule has 0 saturated carbocycles. The first kappa shape index (κ1) is 64.6. The summed E-state index contributed by atoms with van der Waals surface area (Å²) in [6.07, 6.45) is 74.5. The molecule has 1 heterocycles. The quantitative estimate of drug-likeness (QED) is 0.0486. The summed E-state index contributed by atoms with van der Waals surface area (Å²) in [5, 5.41) is 9.49. The normalized spacial score (nSPS) is 14.2. The number of hydrogen-bond donors (Lipinski definition) is 1. The highest BCUT2D eigenvalue weighted by atomic mass is 16.4. The molecule has 0 atom stereocenters. The summed E-state index contributed by atoms with van der Waals surface area (Å²) in [5.41, 5.74) is 0. The van der Waals surface area contributed by atoms with E-state index >= 15 is 0 Å². The van der Waals surface area contributed by atoms with E-state index < -0.39 is 6.09 Å². The largest absolute Gasteiger partial charge is 0.465 e. The molecule has 0 aromatic rings. The zero-order valence-electron chi connectivity index (χ0n) is 46.3. The standard InChI is InChI=1S/C63H116N4O2/c1-4-7-10-13-16-19-22-25-28-31-34-37-40-43-46-49-52-64(53-50-47-44-41-38-35-32-29-26-23-20-17-14-11-8-5-2)55-56-65(57-58-66-59-61-67(62-60-66)63(68)69)54-51-48-45-42-39-36-33-30-27-24-21-18-15-12-9-6-3/h16-21,25-30H,4-15,22-24,31-62H2,1-3H3,(H,68,69)/b19-16-,20-17-,21-18-,28-25-,29-26-,30-27-. The molecule has 400 valence electrons. The molecule has 6 nitrogen and oxygen atoms in total. The van der Waals surface area contributed by atoms with E-state index in [0.29, 0.717) is 13.1 Å². The van der Waals surface area contributed by atoms with Gasteiger partial charge in [0.15, 0.2) is 0 Å². The lowest BCUT2D eigenvalue weighted by Gasteiger charge is -2.35. The second-order valence-corrected chi connectivity index (χ2v) is 20.5. The second kappa shape index (κ2) is 53.4. The van der Waals surface area contributed by atoms with E-state index in [0.717, 1.165) is 52.0 Å². The maximum absolute atomic E-state index is 11.5. The molecule has 0 aliphatic carbocycles. The molecule has 1 aliphatic heterocycles. The van der Waals surface area contributed by atoms with Gasteiger partial charge in [0.1, 0.15) is 0 Å². The van der Waals surface area contributed by atoms with Crippen LogP contribution >= 0.6 is 0 Å². The van der Waals surface area contributed by atoms with E-state index in [9.17, 15) is 9.90 Å². The molecule has 1 amide bonds. The SMILES string of the molecule is CCCCC/C=C\C/C=C\CCCCCCCCN(CCCCCCCC/C=C\C/C=C\CCCCC)CCN(CCCCCCCC/C=C\C/C=C\CCCCC)CCN1CCN(C(=O)O)CC1. The van der Waals surface area contributed by atoms with Crippen LogP contribution in [0.5, 0.6) is 0 Å². The first-order valence-corrected chi connectivity index (χ1v) is 30.2. The fourth-order valence-electron chi connectivity index (χ4n) is 9.37. The van der Waals surface area contributed by atoms with Gasteiger partial charge in [-0.15, -0.1) is 0 Å². The molecule has 0 bridgehead atoms. The maximum atomic E-state index is 11.5. The van der Waals surface area contributed by atoms with Crippen molar-refractivity contribution in [3.8, 4) is 0 Å². The van der Waals surface area contributed by atoms with Gasteiger partial charge in [0.05, 0.1) is 0 Å². The van der Waals surface area contributed by atoms with Gasteiger partial charge in [-0.25, -0.2) is 4.79 Å². The van der Waals surface area contributed by atoms with Crippen LogP contribution in [0.2, 0.25) is 0 Å². The van der Waals surface area contributed by atoms with E-state index in [1.807, 2.05) is 0 Å². The Morgan fingerprint density at radius 3 is 0.928 bits per heavy atom. The Balaban J connectivity index is 2.57. The summed E-state index contributed by atoms with van der Waals surface area (Å²) in [6.45, 7) is 18.0. The third-order valence-electron chi connectivity index (χ3n) is 14.1. The molecule has 0 unspecified atom stereocenters. The molecule has 1 rings (SSSR count). The molecule has 69 heavy (non-hydrogen) atoms. The van der Waals surface area contributed by atoms with Gasteiger partial charge >= 0.3 is 6.09 Å². The highest BCUT2D eigenvalue weighted by Gasteiger charge is 2.21. The van der Waals surface area contributed by atoms with Crippen LogP contribution in [0.1, 0.15) is 252 Å². The average Bonchev–Trinajstić information content (AvgIpc) is 3.36. The third kappa shape index (κ3) is 46.4. The lowest BCUT2D eigenvalue weighted by molar-refractivity contribution is 0.0975. The first-order valence-electron chi connectivity index (χ1n) is 30.2. The Morgan fingerprint density at radius 2 is 0.623 bits per heavy atom. The van der Waals surface area contributed by atoms with E-state index in [4.69, 9.17) is 0 Å². The number of hydrogen-bond acceptors (Lipinski definition) is 4. The van der Waals surface area contributed by atoms with Crippen LogP contribution in [0, 0.1) is 0 Å². The van der Waals surface area contributed by atoms with E-state index in [1.54, 1.807) is 4.90 Å². The minimum Gasteiger partial charge on any atom is -0.465 e. The maximum Gasteiger partial charge on any atom is 0.407 e. The third-order valence-corrected chi connectivity index (χ3v) is 14.1. The molecule has 1 N–H and O–H groups in total. The minimum absolute atomic E-state index is 0.636. The lowest BCUT2D eigenvalue weighted by Crippen LogP contribution is -2.50. The number of amides is 1. The Morgan fingerprint density at radius 1 is 0.348 bits per heavy atom. The van der Waals surface area contributed by atoms with Gasteiger partial charge in [0.25, 0.3) is 0 Å². The van der Waals surface area contributed by atoms with Crippen molar-refractivity contribution in [2.75, 3.05) is 72.0 Å². The van der Waals surface area contributed by atoms with Crippen LogP contribution in [-0.2, 0) is 0 Å². The van der Waals surface area contributed by atoms with Gasteiger partial charge in [0.2, 0.25) is 0 Å². The highest BCUT2D eigenvalue weighted by molar-refractivity contribution is 5.65. The van der Waals surface area contributed by atoms with Crippen LogP contribution < -0.4 is 0 Å². The van der Waals surface area contributed by atoms with Gasteiger partial charge in [-0.3, -0.25) is 4.90 Å². The van der Waals surface area contributed by atoms with Crippen LogP contribution in [-0.4, -0.2) is 103 Å². The zero-order chi connectivity index (χ0) is 49.6. The lowest BCUT2D eigenvalue weighted by atomic mass is 10.1. The highest BCUT2D eigenvalue weighted by Crippen LogP contribution is 2.14. The molecule has 1 saturated heterocycles. The van der Waals surface area contributed by atoms with E-state index in [-0.39, 0.29) is 0 Å². The van der Waals surface area contributed by atoms with E-state index in [2.05, 4.69) is 108 Å². The van der Waals surface area contributed by atoms with Crippen LogP contribution in [0.15, 0.2) is 72.9 Å². The number of nitrogens with zero attached hydrogens (tertiary/aromatic N) is 4. The molecule has 0 radical (unpaired) electrons. The van der Waals surface area contributed by atoms with Crippen molar-refractivity contribution in [3.05, 3.63) is 72.9 Å². The summed E-state index contributed by atoms with van der Waals surface area (Å²) in [7, 11) is 0. The van der Waals surface area contributed by atoms with Crippen molar-refractivity contribution in [1.82, 2.24) is 19.6 Å². The van der Waals surface area contributed by atoms with Crippen molar-refractivity contribution in [3.63, 3.8) is 0 Å². The minimum atomic E-state index is -0.770. The second-order valence-electron chi connectivity index (χ2n) is 20.5. The monoisotopic (exact) mass is 961 g/mol. The number of carboxylic acid groups (broad SMARTS) is 1. The summed E-state index contributed by atoms with van der Waals surface area (Å²) in [6, 6.07) is 0. The zero-order valence-corrected chi connectivity index (χ0v) is 46.3. The van der Waals surface area contributed by atoms with Crippen molar-refractivity contribution >= 4 is 6.09 Å². The van der Waals surface area contributed by atoms with E-state index in [1.165, 1.54) is 238 Å². The predicted octanol–water partition coefficient (Wildman–Crippen LogP) is 18.3. The van der Waals surface area contributed by atoms with Crippen molar-refractivity contribution in [1.29, 1.82) is 0 Å². The number of rotatable bonds is 51. The van der Waals surface area contributed by atoms with Crippen molar-refractivity contribution in [2.45, 2.75) is 252 Å². The molecule has 0 spiro atoms. The van der Waals surface area contributed by atoms with Gasteiger partial charge in [-0.05, 0) is 135 Å². The molecular weight excluding hydrogens is 845 g/mol. The summed E-state index contributed by atoms with van der Waals surface area (Å²) in [5.74, 6) is 0. The summed E-state index contributed by atoms with van der Waals surface area (Å²) >= 11 is 0. The summed E-state index contributed by atoms with van der Waals surface area (Å²) < 4.78 is 0. The molecule has 0 aromatic heterocycles. The number of allylic oxidation sites excluding steroid dienone is 12.